The first kappa shape index (κ1) is 13.0. The van der Waals surface area contributed by atoms with E-state index in [1.54, 1.807) is 12.8 Å². The molecule has 3 fully saturated rings. The average molecular weight is 249 g/mol. The lowest BCUT2D eigenvalue weighted by Gasteiger charge is -2.34. The number of hydrogen-bond donors (Lipinski definition) is 1. The molecule has 0 spiro atoms. The predicted molar refractivity (Wildman–Crippen MR) is 77.5 cm³/mol. The molecule has 1 N–H and O–H groups in total. The van der Waals surface area contributed by atoms with E-state index in [-0.39, 0.29) is 0 Å². The zero-order chi connectivity index (χ0) is 12.5. The lowest BCUT2D eigenvalue weighted by atomic mass is 9.76. The first-order valence-corrected chi connectivity index (χ1v) is 8.54. The highest BCUT2D eigenvalue weighted by Crippen LogP contribution is 2.58. The van der Waals surface area contributed by atoms with Crippen molar-refractivity contribution in [3.05, 3.63) is 0 Å². The molecule has 0 radical (unpaired) electrons. The maximum absolute atomic E-state index is 3.89. The maximum Gasteiger partial charge on any atom is 0.0129 e. The topological polar surface area (TPSA) is 12.0 Å². The van der Waals surface area contributed by atoms with E-state index in [9.17, 15) is 0 Å². The van der Waals surface area contributed by atoms with E-state index < -0.39 is 0 Å². The molecule has 5 atom stereocenters. The van der Waals surface area contributed by atoms with Gasteiger partial charge in [-0.1, -0.05) is 39.5 Å². The molecule has 3 rings (SSSR count). The van der Waals surface area contributed by atoms with Gasteiger partial charge < -0.3 is 5.32 Å². The van der Waals surface area contributed by atoms with Gasteiger partial charge in [0.15, 0.2) is 0 Å². The summed E-state index contributed by atoms with van der Waals surface area (Å²) in [4.78, 5) is 0. The molecule has 0 bridgehead atoms. The second-order valence-corrected chi connectivity index (χ2v) is 7.30. The van der Waals surface area contributed by atoms with Gasteiger partial charge in [-0.05, 0) is 61.8 Å². The molecule has 0 amide bonds. The van der Waals surface area contributed by atoms with Crippen molar-refractivity contribution in [1.82, 2.24) is 5.32 Å². The molecule has 104 valence electrons. The van der Waals surface area contributed by atoms with Crippen LogP contribution in [-0.2, 0) is 0 Å². The third-order valence-corrected chi connectivity index (χ3v) is 6.06. The van der Waals surface area contributed by atoms with E-state index >= 15 is 0 Å². The Hall–Kier alpha value is -0.0400. The van der Waals surface area contributed by atoms with Crippen molar-refractivity contribution in [2.75, 3.05) is 6.54 Å². The summed E-state index contributed by atoms with van der Waals surface area (Å²) in [6, 6.07) is 0.867. The molecule has 5 unspecified atom stereocenters. The third kappa shape index (κ3) is 2.48. The zero-order valence-electron chi connectivity index (χ0n) is 12.3. The summed E-state index contributed by atoms with van der Waals surface area (Å²) < 4.78 is 0. The molecule has 3 aliphatic carbocycles. The molecule has 3 aliphatic rings. The van der Waals surface area contributed by atoms with Gasteiger partial charge in [0.05, 0.1) is 0 Å². The Bertz CT molecular complexity index is 261. The highest BCUT2D eigenvalue weighted by atomic mass is 14.9. The molecule has 1 heteroatoms. The van der Waals surface area contributed by atoms with Gasteiger partial charge in [0.1, 0.15) is 0 Å². The summed E-state index contributed by atoms with van der Waals surface area (Å²) in [5, 5.41) is 3.89. The van der Waals surface area contributed by atoms with E-state index in [2.05, 4.69) is 19.2 Å². The standard InChI is InChI=1S/C17H31N/c1-3-18-17(13-8-6-7-12(2)11-13)16-14-9-4-5-10-15(14)16/h12-18H,3-11H2,1-2H3. The predicted octanol–water partition coefficient (Wildman–Crippen LogP) is 4.23. The van der Waals surface area contributed by atoms with Crippen LogP contribution in [0.3, 0.4) is 0 Å². The fraction of sp³-hybridized carbons (Fsp3) is 1.00. The van der Waals surface area contributed by atoms with Crippen LogP contribution < -0.4 is 5.32 Å². The van der Waals surface area contributed by atoms with Crippen LogP contribution in [0.2, 0.25) is 0 Å². The lowest BCUT2D eigenvalue weighted by molar-refractivity contribution is 0.201. The molecule has 0 heterocycles. The van der Waals surface area contributed by atoms with E-state index in [1.807, 2.05) is 0 Å². The minimum atomic E-state index is 0.867. The van der Waals surface area contributed by atoms with Crippen LogP contribution in [0, 0.1) is 29.6 Å². The fourth-order valence-electron chi connectivity index (χ4n) is 5.24. The highest BCUT2D eigenvalue weighted by Gasteiger charge is 2.55. The van der Waals surface area contributed by atoms with Crippen LogP contribution in [0.1, 0.15) is 65.2 Å². The number of nitrogens with one attached hydrogen (secondary N) is 1. The van der Waals surface area contributed by atoms with E-state index in [0.717, 1.165) is 35.6 Å². The maximum atomic E-state index is 3.89. The summed E-state index contributed by atoms with van der Waals surface area (Å²) in [5.41, 5.74) is 0. The van der Waals surface area contributed by atoms with Crippen molar-refractivity contribution in [3.63, 3.8) is 0 Å². The first-order chi connectivity index (χ1) is 8.81. The van der Waals surface area contributed by atoms with Gasteiger partial charge in [0, 0.05) is 6.04 Å². The van der Waals surface area contributed by atoms with Crippen LogP contribution in [0.5, 0.6) is 0 Å². The largest absolute Gasteiger partial charge is 0.314 e. The molecule has 1 nitrogen and oxygen atoms in total. The normalized spacial score (nSPS) is 45.3. The van der Waals surface area contributed by atoms with E-state index in [4.69, 9.17) is 0 Å². The van der Waals surface area contributed by atoms with Gasteiger partial charge >= 0.3 is 0 Å². The Morgan fingerprint density at radius 1 is 1.00 bits per heavy atom. The number of fused-ring (bicyclic) bond motifs is 1. The Labute approximate surface area is 113 Å². The first-order valence-electron chi connectivity index (χ1n) is 8.54. The number of hydrogen-bond acceptors (Lipinski definition) is 1. The molecular weight excluding hydrogens is 218 g/mol. The summed E-state index contributed by atoms with van der Waals surface area (Å²) in [6.07, 6.45) is 12.1. The van der Waals surface area contributed by atoms with Gasteiger partial charge in [-0.2, -0.15) is 0 Å². The van der Waals surface area contributed by atoms with Crippen LogP contribution in [-0.4, -0.2) is 12.6 Å². The SMILES string of the molecule is CCNC(C1CCCC(C)C1)C1C2CCCCC21. The monoisotopic (exact) mass is 249 g/mol. The molecule has 3 saturated carbocycles. The molecule has 0 aromatic rings. The quantitative estimate of drug-likeness (QED) is 0.786. The van der Waals surface area contributed by atoms with Crippen molar-refractivity contribution in [2.45, 2.75) is 71.3 Å². The van der Waals surface area contributed by atoms with Crippen LogP contribution in [0.15, 0.2) is 0 Å². The average Bonchev–Trinajstić information content (AvgIpc) is 3.10. The second kappa shape index (κ2) is 5.53. The second-order valence-electron chi connectivity index (χ2n) is 7.30. The molecule has 0 aromatic carbocycles. The summed E-state index contributed by atoms with van der Waals surface area (Å²) in [7, 11) is 0. The van der Waals surface area contributed by atoms with Crippen molar-refractivity contribution in [2.24, 2.45) is 29.6 Å². The van der Waals surface area contributed by atoms with Crippen molar-refractivity contribution in [1.29, 1.82) is 0 Å². The van der Waals surface area contributed by atoms with Crippen molar-refractivity contribution in [3.8, 4) is 0 Å². The minimum absolute atomic E-state index is 0.867. The van der Waals surface area contributed by atoms with Gasteiger partial charge in [0.2, 0.25) is 0 Å². The smallest absolute Gasteiger partial charge is 0.0129 e. The molecule has 0 aliphatic heterocycles. The fourth-order valence-corrected chi connectivity index (χ4v) is 5.24. The Morgan fingerprint density at radius 3 is 2.33 bits per heavy atom. The summed E-state index contributed by atoms with van der Waals surface area (Å²) >= 11 is 0. The van der Waals surface area contributed by atoms with Crippen molar-refractivity contribution < 1.29 is 0 Å². The highest BCUT2D eigenvalue weighted by molar-refractivity contribution is 5.06. The van der Waals surface area contributed by atoms with Gasteiger partial charge in [-0.15, -0.1) is 0 Å². The van der Waals surface area contributed by atoms with Gasteiger partial charge in [-0.3, -0.25) is 0 Å². The third-order valence-electron chi connectivity index (χ3n) is 6.06. The van der Waals surface area contributed by atoms with Gasteiger partial charge in [-0.25, -0.2) is 0 Å². The summed E-state index contributed by atoms with van der Waals surface area (Å²) in [5.74, 6) is 5.25. The Kier molecular flexibility index (Phi) is 3.98. The zero-order valence-corrected chi connectivity index (χ0v) is 12.3. The van der Waals surface area contributed by atoms with Crippen molar-refractivity contribution >= 4 is 0 Å². The Morgan fingerprint density at radius 2 is 1.72 bits per heavy atom. The van der Waals surface area contributed by atoms with E-state index in [1.165, 1.54) is 45.1 Å². The van der Waals surface area contributed by atoms with Gasteiger partial charge in [0.25, 0.3) is 0 Å². The van der Waals surface area contributed by atoms with Crippen LogP contribution in [0.25, 0.3) is 0 Å². The minimum Gasteiger partial charge on any atom is -0.314 e. The molecule has 0 aromatic heterocycles. The molecular formula is C17H31N. The summed E-state index contributed by atoms with van der Waals surface area (Å²) in [6.45, 7) is 5.94. The molecule has 18 heavy (non-hydrogen) atoms. The number of rotatable bonds is 4. The van der Waals surface area contributed by atoms with E-state index in [0.29, 0.717) is 0 Å². The van der Waals surface area contributed by atoms with Crippen LogP contribution >= 0.6 is 0 Å². The molecule has 0 saturated heterocycles. The Balaban J connectivity index is 1.64. The lowest BCUT2D eigenvalue weighted by Crippen LogP contribution is -2.40. The van der Waals surface area contributed by atoms with Crippen LogP contribution in [0.4, 0.5) is 0 Å².